The van der Waals surface area contributed by atoms with Crippen LogP contribution in [-0.4, -0.2) is 64.7 Å². The summed E-state index contributed by atoms with van der Waals surface area (Å²) >= 11 is 0. The van der Waals surface area contributed by atoms with E-state index in [1.807, 2.05) is 65.2 Å². The van der Waals surface area contributed by atoms with Crippen molar-refractivity contribution >= 4 is 16.9 Å². The maximum Gasteiger partial charge on any atom is 0.251 e. The topological polar surface area (TPSA) is 81.5 Å². The summed E-state index contributed by atoms with van der Waals surface area (Å²) in [6.45, 7) is 4.67. The summed E-state index contributed by atoms with van der Waals surface area (Å²) in [5.74, 6) is 1.28. The van der Waals surface area contributed by atoms with E-state index < -0.39 is 0 Å². The first-order valence-electron chi connectivity index (χ1n) is 12.0. The lowest BCUT2D eigenvalue weighted by molar-refractivity contribution is 0.0950. The van der Waals surface area contributed by atoms with Crippen LogP contribution in [0, 0.1) is 0 Å². The van der Waals surface area contributed by atoms with Gasteiger partial charge in [-0.15, -0.1) is 0 Å². The number of amides is 1. The van der Waals surface area contributed by atoms with Crippen LogP contribution in [0.3, 0.4) is 0 Å². The number of pyridine rings is 1. The van der Waals surface area contributed by atoms with Gasteiger partial charge in [0.15, 0.2) is 0 Å². The van der Waals surface area contributed by atoms with Crippen LogP contribution in [0.5, 0.6) is 11.6 Å². The Morgan fingerprint density at radius 3 is 2.57 bits per heavy atom. The fourth-order valence-electron chi connectivity index (χ4n) is 4.24. The molecule has 0 atom stereocenters. The third kappa shape index (κ3) is 5.78. The lowest BCUT2D eigenvalue weighted by Gasteiger charge is -2.14. The Bertz CT molecular complexity index is 1250. The molecular weight excluding hydrogens is 442 g/mol. The van der Waals surface area contributed by atoms with E-state index in [0.717, 1.165) is 42.1 Å². The molecule has 180 valence electrons. The number of carbonyl (C=O) groups excluding carboxylic acids is 1. The van der Waals surface area contributed by atoms with Gasteiger partial charge in [-0.1, -0.05) is 6.07 Å². The molecular formula is C27H29N5O3. The van der Waals surface area contributed by atoms with Crippen LogP contribution < -0.4 is 14.8 Å². The second kappa shape index (κ2) is 11.0. The summed E-state index contributed by atoms with van der Waals surface area (Å²) in [5.41, 5.74) is 3.31. The lowest BCUT2D eigenvalue weighted by Crippen LogP contribution is -2.33. The molecule has 1 aliphatic rings. The van der Waals surface area contributed by atoms with Gasteiger partial charge in [0.2, 0.25) is 5.88 Å². The van der Waals surface area contributed by atoms with E-state index in [4.69, 9.17) is 9.47 Å². The number of likely N-dealkylation sites (tertiary alicyclic amines) is 1. The van der Waals surface area contributed by atoms with Gasteiger partial charge in [-0.3, -0.25) is 9.36 Å². The summed E-state index contributed by atoms with van der Waals surface area (Å²) in [5, 5.41) is 3.02. The third-order valence-electron chi connectivity index (χ3n) is 6.08. The molecule has 1 fully saturated rings. The first-order chi connectivity index (χ1) is 17.3. The molecule has 35 heavy (non-hydrogen) atoms. The van der Waals surface area contributed by atoms with Gasteiger partial charge in [-0.25, -0.2) is 9.97 Å². The number of hydrogen-bond donors (Lipinski definition) is 1. The van der Waals surface area contributed by atoms with Gasteiger partial charge in [-0.05, 0) is 74.5 Å². The van der Waals surface area contributed by atoms with Gasteiger partial charge in [0.25, 0.3) is 5.91 Å². The normalized spacial score (nSPS) is 13.7. The SMILES string of the molecule is O=C(NCCN1CCCC1)c1ccc2c(c1)ncn2-c1ccc(OCCOc2ccccn2)cc1. The van der Waals surface area contributed by atoms with E-state index in [9.17, 15) is 4.79 Å². The lowest BCUT2D eigenvalue weighted by atomic mass is 10.2. The van der Waals surface area contributed by atoms with Crippen LogP contribution in [0.25, 0.3) is 16.7 Å². The van der Waals surface area contributed by atoms with Crippen LogP contribution >= 0.6 is 0 Å². The molecule has 8 nitrogen and oxygen atoms in total. The van der Waals surface area contributed by atoms with Crippen molar-refractivity contribution in [2.75, 3.05) is 39.4 Å². The van der Waals surface area contributed by atoms with E-state index >= 15 is 0 Å². The molecule has 4 aromatic rings. The Labute approximate surface area is 204 Å². The predicted molar refractivity (Wildman–Crippen MR) is 134 cm³/mol. The number of ether oxygens (including phenoxy) is 2. The summed E-state index contributed by atoms with van der Waals surface area (Å²) in [4.78, 5) is 23.6. The third-order valence-corrected chi connectivity index (χ3v) is 6.08. The van der Waals surface area contributed by atoms with Crippen molar-refractivity contribution in [2.24, 2.45) is 0 Å². The van der Waals surface area contributed by atoms with E-state index in [1.54, 1.807) is 12.5 Å². The highest BCUT2D eigenvalue weighted by atomic mass is 16.5. The average Bonchev–Trinajstić information content (AvgIpc) is 3.57. The van der Waals surface area contributed by atoms with E-state index in [1.165, 1.54) is 12.8 Å². The van der Waals surface area contributed by atoms with Crippen molar-refractivity contribution in [3.63, 3.8) is 0 Å². The van der Waals surface area contributed by atoms with Gasteiger partial charge >= 0.3 is 0 Å². The van der Waals surface area contributed by atoms with Gasteiger partial charge in [0.1, 0.15) is 25.3 Å². The summed E-state index contributed by atoms with van der Waals surface area (Å²) in [6, 6.07) is 19.0. The molecule has 0 aliphatic carbocycles. The summed E-state index contributed by atoms with van der Waals surface area (Å²) in [6.07, 6.45) is 5.98. The molecule has 2 aromatic carbocycles. The zero-order valence-corrected chi connectivity index (χ0v) is 19.6. The number of hydrogen-bond acceptors (Lipinski definition) is 6. The number of carbonyl (C=O) groups is 1. The molecule has 0 radical (unpaired) electrons. The van der Waals surface area contributed by atoms with Crippen LogP contribution in [0.15, 0.2) is 73.2 Å². The zero-order chi connectivity index (χ0) is 23.9. The second-order valence-corrected chi connectivity index (χ2v) is 8.48. The molecule has 2 aromatic heterocycles. The standard InChI is InChI=1S/C27H29N5O3/c33-27(29-13-16-31-14-3-4-15-31)21-6-11-25-24(19-21)30-20-32(25)22-7-9-23(10-8-22)34-17-18-35-26-5-1-2-12-28-26/h1-2,5-12,19-20H,3-4,13-18H2,(H,29,33). The molecule has 0 spiro atoms. The zero-order valence-electron chi connectivity index (χ0n) is 19.6. The minimum Gasteiger partial charge on any atom is -0.490 e. The molecule has 1 N–H and O–H groups in total. The Kier molecular flexibility index (Phi) is 7.19. The Morgan fingerprint density at radius 2 is 1.77 bits per heavy atom. The summed E-state index contributed by atoms with van der Waals surface area (Å²) < 4.78 is 13.3. The fraction of sp³-hybridized carbons (Fsp3) is 0.296. The molecule has 0 saturated carbocycles. The number of rotatable bonds is 10. The second-order valence-electron chi connectivity index (χ2n) is 8.48. The number of imidazole rings is 1. The highest BCUT2D eigenvalue weighted by Crippen LogP contribution is 2.22. The van der Waals surface area contributed by atoms with Crippen LogP contribution in [0.2, 0.25) is 0 Å². The first kappa shape index (κ1) is 22.9. The average molecular weight is 472 g/mol. The van der Waals surface area contributed by atoms with Crippen molar-refractivity contribution in [1.29, 1.82) is 0 Å². The highest BCUT2D eigenvalue weighted by molar-refractivity contribution is 5.97. The van der Waals surface area contributed by atoms with Gasteiger partial charge in [0, 0.05) is 36.6 Å². The largest absolute Gasteiger partial charge is 0.490 e. The molecule has 5 rings (SSSR count). The molecule has 8 heteroatoms. The minimum absolute atomic E-state index is 0.0610. The van der Waals surface area contributed by atoms with Crippen LogP contribution in [0.4, 0.5) is 0 Å². The molecule has 3 heterocycles. The van der Waals surface area contributed by atoms with Crippen molar-refractivity contribution in [2.45, 2.75) is 12.8 Å². The first-order valence-corrected chi connectivity index (χ1v) is 12.0. The maximum atomic E-state index is 12.6. The molecule has 0 bridgehead atoms. The van der Waals surface area contributed by atoms with E-state index in [0.29, 0.717) is 31.2 Å². The molecule has 0 unspecified atom stereocenters. The van der Waals surface area contributed by atoms with Crippen molar-refractivity contribution in [1.82, 2.24) is 24.8 Å². The highest BCUT2D eigenvalue weighted by Gasteiger charge is 2.13. The number of nitrogens with one attached hydrogen (secondary N) is 1. The van der Waals surface area contributed by atoms with Gasteiger partial charge in [0.05, 0.1) is 11.0 Å². The van der Waals surface area contributed by atoms with Gasteiger partial charge in [-0.2, -0.15) is 0 Å². The van der Waals surface area contributed by atoms with E-state index in [-0.39, 0.29) is 5.91 Å². The van der Waals surface area contributed by atoms with Crippen molar-refractivity contribution in [3.8, 4) is 17.3 Å². The molecule has 1 aliphatic heterocycles. The number of aromatic nitrogens is 3. The Hall–Kier alpha value is -3.91. The molecule has 1 amide bonds. The minimum atomic E-state index is -0.0610. The fourth-order valence-corrected chi connectivity index (χ4v) is 4.24. The Morgan fingerprint density at radius 1 is 0.943 bits per heavy atom. The number of fused-ring (bicyclic) bond motifs is 1. The van der Waals surface area contributed by atoms with Crippen LogP contribution in [-0.2, 0) is 0 Å². The quantitative estimate of drug-likeness (QED) is 0.355. The smallest absolute Gasteiger partial charge is 0.251 e. The van der Waals surface area contributed by atoms with Crippen LogP contribution in [0.1, 0.15) is 23.2 Å². The summed E-state index contributed by atoms with van der Waals surface area (Å²) in [7, 11) is 0. The molecule has 1 saturated heterocycles. The maximum absolute atomic E-state index is 12.6. The number of benzene rings is 2. The monoisotopic (exact) mass is 471 g/mol. The van der Waals surface area contributed by atoms with Gasteiger partial charge < -0.3 is 19.7 Å². The van der Waals surface area contributed by atoms with Crippen molar-refractivity contribution in [3.05, 3.63) is 78.8 Å². The Balaban J connectivity index is 1.16. The predicted octanol–water partition coefficient (Wildman–Crippen LogP) is 3.70. The van der Waals surface area contributed by atoms with Crippen molar-refractivity contribution < 1.29 is 14.3 Å². The van der Waals surface area contributed by atoms with E-state index in [2.05, 4.69) is 20.2 Å². The number of nitrogens with zero attached hydrogens (tertiary/aromatic N) is 4.